The molecule has 0 atom stereocenters. The highest BCUT2D eigenvalue weighted by molar-refractivity contribution is 6.05. The molecule has 1 N–H and O–H groups in total. The van der Waals surface area contributed by atoms with E-state index < -0.39 is 0 Å². The van der Waals surface area contributed by atoms with Crippen LogP contribution in [-0.2, 0) is 0 Å². The minimum Gasteiger partial charge on any atom is -0.387 e. The number of rotatable bonds is 3. The van der Waals surface area contributed by atoms with E-state index in [9.17, 15) is 4.79 Å². The number of pyridine rings is 1. The van der Waals surface area contributed by atoms with Crippen molar-refractivity contribution in [3.8, 4) is 6.07 Å². The molecule has 0 fully saturated rings. The van der Waals surface area contributed by atoms with Crippen LogP contribution in [0.3, 0.4) is 0 Å². The first-order chi connectivity index (χ1) is 9.67. The summed E-state index contributed by atoms with van der Waals surface area (Å²) in [6.45, 7) is 0. The number of para-hydroxylation sites is 1. The summed E-state index contributed by atoms with van der Waals surface area (Å²) in [5.74, 6) is -0.254. The molecular formula is C15H14N4O. The lowest BCUT2D eigenvalue weighted by Gasteiger charge is -2.18. The molecule has 2 aromatic rings. The van der Waals surface area contributed by atoms with E-state index in [1.165, 1.54) is 4.90 Å². The Morgan fingerprint density at radius 1 is 1.30 bits per heavy atom. The van der Waals surface area contributed by atoms with E-state index in [0.717, 1.165) is 5.69 Å². The molecule has 5 heteroatoms. The zero-order chi connectivity index (χ0) is 14.5. The van der Waals surface area contributed by atoms with Crippen LogP contribution in [0.5, 0.6) is 0 Å². The molecule has 1 aromatic heterocycles. The van der Waals surface area contributed by atoms with Crippen LogP contribution in [0.1, 0.15) is 16.1 Å². The summed E-state index contributed by atoms with van der Waals surface area (Å²) in [6, 6.07) is 12.5. The molecule has 1 aromatic carbocycles. The molecule has 0 saturated carbocycles. The number of carbonyl (C=O) groups excluding carboxylic acids is 1. The first kappa shape index (κ1) is 13.6. The number of aromatic nitrogens is 1. The number of hydrogen-bond donors (Lipinski definition) is 1. The third-order valence-corrected chi connectivity index (χ3v) is 2.96. The number of benzene rings is 1. The van der Waals surface area contributed by atoms with Gasteiger partial charge in [0.1, 0.15) is 11.8 Å². The fraction of sp³-hybridized carbons (Fsp3) is 0.133. The fourth-order valence-electron chi connectivity index (χ4n) is 1.81. The van der Waals surface area contributed by atoms with Crippen LogP contribution in [0.2, 0.25) is 0 Å². The summed E-state index contributed by atoms with van der Waals surface area (Å²) in [7, 11) is 3.42. The number of amides is 1. The molecule has 0 radical (unpaired) electrons. The van der Waals surface area contributed by atoms with Gasteiger partial charge in [0.25, 0.3) is 5.91 Å². The third-order valence-electron chi connectivity index (χ3n) is 2.96. The minimum absolute atomic E-state index is 0.254. The Kier molecular flexibility index (Phi) is 3.96. The predicted molar refractivity (Wildman–Crippen MR) is 77.7 cm³/mol. The SMILES string of the molecule is CNc1ccc(C(=O)N(C)c2ccccc2C#N)nc1. The molecule has 0 unspecified atom stereocenters. The van der Waals surface area contributed by atoms with Crippen molar-refractivity contribution >= 4 is 17.3 Å². The number of nitrogens with one attached hydrogen (secondary N) is 1. The van der Waals surface area contributed by atoms with Crippen molar-refractivity contribution in [2.75, 3.05) is 24.3 Å². The van der Waals surface area contributed by atoms with E-state index >= 15 is 0 Å². The Bertz CT molecular complexity index is 658. The fourth-order valence-corrected chi connectivity index (χ4v) is 1.81. The first-order valence-corrected chi connectivity index (χ1v) is 6.08. The second-order valence-corrected chi connectivity index (χ2v) is 4.18. The van der Waals surface area contributed by atoms with Crippen molar-refractivity contribution < 1.29 is 4.79 Å². The zero-order valence-corrected chi connectivity index (χ0v) is 11.3. The van der Waals surface area contributed by atoms with Crippen LogP contribution in [0, 0.1) is 11.3 Å². The maximum Gasteiger partial charge on any atom is 0.276 e. The second-order valence-electron chi connectivity index (χ2n) is 4.18. The molecule has 0 aliphatic heterocycles. The van der Waals surface area contributed by atoms with E-state index in [1.807, 2.05) is 0 Å². The molecule has 0 spiro atoms. The molecule has 20 heavy (non-hydrogen) atoms. The second kappa shape index (κ2) is 5.85. The van der Waals surface area contributed by atoms with Crippen molar-refractivity contribution in [3.63, 3.8) is 0 Å². The smallest absolute Gasteiger partial charge is 0.276 e. The van der Waals surface area contributed by atoms with Gasteiger partial charge in [-0.25, -0.2) is 4.98 Å². The zero-order valence-electron chi connectivity index (χ0n) is 11.3. The number of hydrogen-bond acceptors (Lipinski definition) is 4. The molecule has 1 amide bonds. The largest absolute Gasteiger partial charge is 0.387 e. The number of nitrogens with zero attached hydrogens (tertiary/aromatic N) is 3. The normalized spacial score (nSPS) is 9.65. The van der Waals surface area contributed by atoms with E-state index in [2.05, 4.69) is 16.4 Å². The van der Waals surface area contributed by atoms with Gasteiger partial charge in [0.05, 0.1) is 23.1 Å². The van der Waals surface area contributed by atoms with Gasteiger partial charge in [-0.3, -0.25) is 4.79 Å². The maximum absolute atomic E-state index is 12.3. The Labute approximate surface area is 117 Å². The van der Waals surface area contributed by atoms with Gasteiger partial charge in [0, 0.05) is 14.1 Å². The quantitative estimate of drug-likeness (QED) is 0.925. The van der Waals surface area contributed by atoms with Gasteiger partial charge in [-0.1, -0.05) is 12.1 Å². The lowest BCUT2D eigenvalue weighted by atomic mass is 10.1. The Morgan fingerprint density at radius 3 is 2.65 bits per heavy atom. The van der Waals surface area contributed by atoms with E-state index in [4.69, 9.17) is 5.26 Å². The van der Waals surface area contributed by atoms with Crippen LogP contribution in [0.15, 0.2) is 42.6 Å². The highest BCUT2D eigenvalue weighted by Crippen LogP contribution is 2.20. The summed E-state index contributed by atoms with van der Waals surface area (Å²) >= 11 is 0. The van der Waals surface area contributed by atoms with Crippen molar-refractivity contribution in [1.82, 2.24) is 4.98 Å². The van der Waals surface area contributed by atoms with Crippen LogP contribution >= 0.6 is 0 Å². The summed E-state index contributed by atoms with van der Waals surface area (Å²) in [6.07, 6.45) is 1.59. The molecule has 1 heterocycles. The molecular weight excluding hydrogens is 252 g/mol. The van der Waals surface area contributed by atoms with Crippen molar-refractivity contribution in [2.45, 2.75) is 0 Å². The van der Waals surface area contributed by atoms with Crippen LogP contribution in [0.4, 0.5) is 11.4 Å². The van der Waals surface area contributed by atoms with E-state index in [1.54, 1.807) is 56.7 Å². The minimum atomic E-state index is -0.254. The lowest BCUT2D eigenvalue weighted by Crippen LogP contribution is -2.27. The monoisotopic (exact) mass is 266 g/mol. The Morgan fingerprint density at radius 2 is 2.05 bits per heavy atom. The summed E-state index contributed by atoms with van der Waals surface area (Å²) in [5, 5.41) is 12.0. The molecule has 100 valence electrons. The first-order valence-electron chi connectivity index (χ1n) is 6.08. The Balaban J connectivity index is 2.30. The molecule has 0 bridgehead atoms. The summed E-state index contributed by atoms with van der Waals surface area (Å²) in [4.78, 5) is 17.9. The highest BCUT2D eigenvalue weighted by Gasteiger charge is 2.17. The molecule has 2 rings (SSSR count). The van der Waals surface area contributed by atoms with E-state index in [-0.39, 0.29) is 5.91 Å². The van der Waals surface area contributed by atoms with Gasteiger partial charge in [-0.05, 0) is 24.3 Å². The summed E-state index contributed by atoms with van der Waals surface area (Å²) < 4.78 is 0. The van der Waals surface area contributed by atoms with Gasteiger partial charge in [0.15, 0.2) is 0 Å². The number of nitriles is 1. The average Bonchev–Trinajstić information content (AvgIpc) is 2.53. The van der Waals surface area contributed by atoms with Crippen molar-refractivity contribution in [1.29, 1.82) is 5.26 Å². The molecule has 0 saturated heterocycles. The topological polar surface area (TPSA) is 69.0 Å². The number of carbonyl (C=O) groups is 1. The molecule has 0 aliphatic rings. The van der Waals surface area contributed by atoms with Crippen molar-refractivity contribution in [3.05, 3.63) is 53.9 Å². The van der Waals surface area contributed by atoms with Gasteiger partial charge in [-0.2, -0.15) is 5.26 Å². The average molecular weight is 266 g/mol. The predicted octanol–water partition coefficient (Wildman–Crippen LogP) is 2.27. The molecule has 5 nitrogen and oxygen atoms in total. The van der Waals surface area contributed by atoms with E-state index in [0.29, 0.717) is 16.9 Å². The standard InChI is InChI=1S/C15H14N4O/c1-17-12-7-8-13(18-10-12)15(20)19(2)14-6-4-3-5-11(14)9-16/h3-8,10,17H,1-2H3. The van der Waals surface area contributed by atoms with Gasteiger partial charge in [-0.15, -0.1) is 0 Å². The van der Waals surface area contributed by atoms with Crippen LogP contribution in [-0.4, -0.2) is 25.0 Å². The van der Waals surface area contributed by atoms with Crippen molar-refractivity contribution in [2.24, 2.45) is 0 Å². The number of anilines is 2. The Hall–Kier alpha value is -2.87. The van der Waals surface area contributed by atoms with Gasteiger partial charge in [0.2, 0.25) is 0 Å². The highest BCUT2D eigenvalue weighted by atomic mass is 16.2. The van der Waals surface area contributed by atoms with Gasteiger partial charge < -0.3 is 10.2 Å². The van der Waals surface area contributed by atoms with Gasteiger partial charge >= 0.3 is 0 Å². The van der Waals surface area contributed by atoms with Crippen LogP contribution < -0.4 is 10.2 Å². The summed E-state index contributed by atoms with van der Waals surface area (Å²) in [5.41, 5.74) is 2.19. The molecule has 0 aliphatic carbocycles. The maximum atomic E-state index is 12.3. The third kappa shape index (κ3) is 2.59. The lowest BCUT2D eigenvalue weighted by molar-refractivity contribution is 0.0988. The van der Waals surface area contributed by atoms with Crippen LogP contribution in [0.25, 0.3) is 0 Å².